The second-order valence-electron chi connectivity index (χ2n) is 8.73. The summed E-state index contributed by atoms with van der Waals surface area (Å²) in [5, 5.41) is 7.67. The number of rotatable bonds is 6. The first-order chi connectivity index (χ1) is 17.2. The minimum atomic E-state index is -0.931. The zero-order chi connectivity index (χ0) is 26.0. The van der Waals surface area contributed by atoms with Crippen molar-refractivity contribution in [2.24, 2.45) is 0 Å². The molecule has 2 atom stereocenters. The van der Waals surface area contributed by atoms with Crippen molar-refractivity contribution in [1.82, 2.24) is 10.6 Å². The van der Waals surface area contributed by atoms with Gasteiger partial charge in [0, 0.05) is 17.0 Å². The van der Waals surface area contributed by atoms with E-state index in [1.165, 1.54) is 6.92 Å². The van der Waals surface area contributed by atoms with Crippen molar-refractivity contribution in [2.45, 2.75) is 32.5 Å². The quantitative estimate of drug-likeness (QED) is 0.453. The number of para-hydroxylation sites is 2. The summed E-state index contributed by atoms with van der Waals surface area (Å²) in [6.07, 6.45) is 0. The largest absolute Gasteiger partial charge is 0.496 e. The van der Waals surface area contributed by atoms with Gasteiger partial charge in [-0.3, -0.25) is 14.4 Å². The number of nitrogens with zero attached hydrogens (tertiary/aromatic N) is 2. The minimum Gasteiger partial charge on any atom is -0.496 e. The number of hydrogen-bond donors (Lipinski definition) is 2. The van der Waals surface area contributed by atoms with Crippen LogP contribution < -0.4 is 25.2 Å². The summed E-state index contributed by atoms with van der Waals surface area (Å²) in [6.45, 7) is 3.39. The van der Waals surface area contributed by atoms with Crippen molar-refractivity contribution in [3.05, 3.63) is 64.6 Å². The van der Waals surface area contributed by atoms with E-state index in [9.17, 15) is 14.4 Å². The van der Waals surface area contributed by atoms with Crippen LogP contribution in [-0.4, -0.2) is 50.5 Å². The molecule has 3 aromatic rings. The first-order valence-electron chi connectivity index (χ1n) is 11.7. The number of likely N-dealkylation sites (N-methyl/N-ethyl adjacent to an activating group) is 1. The number of carbonyl (C=O) groups is 3. The lowest BCUT2D eigenvalue weighted by Gasteiger charge is -2.27. The standard InChI is InChI=1S/C27H29BrN4O4.ClH/c1-16(29-3)26(34)30-22-15-31(17(2)33)23-7-5-6-8-24(23)32(27(22)35)14-21-20-11-10-19(28)13-18(20)9-12-25(21)36-4;/h5-13,16,22,29H,14-15H2,1-4H3,(H,30,34);1H/t16-,22-;/m0./s1. The second kappa shape index (κ2) is 11.9. The molecule has 3 amide bonds. The molecular weight excluding hydrogens is 560 g/mol. The molecule has 0 radical (unpaired) electrons. The fraction of sp³-hybridized carbons (Fsp3) is 0.296. The number of carbonyl (C=O) groups excluding carboxylic acids is 3. The van der Waals surface area contributed by atoms with Crippen LogP contribution >= 0.6 is 28.3 Å². The van der Waals surface area contributed by atoms with Gasteiger partial charge in [0.05, 0.1) is 37.6 Å². The lowest BCUT2D eigenvalue weighted by Crippen LogP contribution is -2.55. The minimum absolute atomic E-state index is 0. The van der Waals surface area contributed by atoms with Gasteiger partial charge in [0.1, 0.15) is 11.8 Å². The van der Waals surface area contributed by atoms with Crippen molar-refractivity contribution in [3.63, 3.8) is 0 Å². The van der Waals surface area contributed by atoms with Gasteiger partial charge in [0.15, 0.2) is 0 Å². The average molecular weight is 590 g/mol. The molecule has 37 heavy (non-hydrogen) atoms. The summed E-state index contributed by atoms with van der Waals surface area (Å²) < 4.78 is 6.63. The highest BCUT2D eigenvalue weighted by Gasteiger charge is 2.37. The Kier molecular flexibility index (Phi) is 9.17. The lowest BCUT2D eigenvalue weighted by atomic mass is 10.0. The van der Waals surface area contributed by atoms with E-state index in [1.54, 1.807) is 30.9 Å². The summed E-state index contributed by atoms with van der Waals surface area (Å²) in [5.41, 5.74) is 2.03. The van der Waals surface area contributed by atoms with E-state index in [4.69, 9.17) is 4.74 Å². The van der Waals surface area contributed by atoms with E-state index >= 15 is 0 Å². The maximum atomic E-state index is 14.0. The molecule has 0 aromatic heterocycles. The molecule has 0 spiro atoms. The Hall–Kier alpha value is -3.14. The summed E-state index contributed by atoms with van der Waals surface area (Å²) in [7, 11) is 3.27. The molecule has 8 nitrogen and oxygen atoms in total. The number of ether oxygens (including phenoxy) is 1. The molecule has 3 aromatic carbocycles. The number of hydrogen-bond acceptors (Lipinski definition) is 5. The lowest BCUT2D eigenvalue weighted by molar-refractivity contribution is -0.128. The van der Waals surface area contributed by atoms with Crippen LogP contribution in [0.4, 0.5) is 11.4 Å². The summed E-state index contributed by atoms with van der Waals surface area (Å²) in [6, 6.07) is 15.7. The number of methoxy groups -OCH3 is 1. The first-order valence-corrected chi connectivity index (χ1v) is 12.5. The van der Waals surface area contributed by atoms with Crippen molar-refractivity contribution in [3.8, 4) is 5.75 Å². The third-order valence-corrected chi connectivity index (χ3v) is 7.00. The van der Waals surface area contributed by atoms with Crippen molar-refractivity contribution in [1.29, 1.82) is 0 Å². The molecule has 0 unspecified atom stereocenters. The molecule has 1 aliphatic heterocycles. The van der Waals surface area contributed by atoms with Gasteiger partial charge in [-0.2, -0.15) is 0 Å². The Morgan fingerprint density at radius 1 is 1.14 bits per heavy atom. The third-order valence-electron chi connectivity index (χ3n) is 6.50. The van der Waals surface area contributed by atoms with Crippen LogP contribution in [-0.2, 0) is 20.9 Å². The van der Waals surface area contributed by atoms with Crippen LogP contribution in [0.3, 0.4) is 0 Å². The molecule has 0 fully saturated rings. The smallest absolute Gasteiger partial charge is 0.251 e. The maximum absolute atomic E-state index is 14.0. The number of anilines is 2. The molecular formula is C27H30BrClN4O4. The van der Waals surface area contributed by atoms with Gasteiger partial charge >= 0.3 is 0 Å². The van der Waals surface area contributed by atoms with Gasteiger partial charge < -0.3 is 25.2 Å². The van der Waals surface area contributed by atoms with E-state index in [1.807, 2.05) is 54.6 Å². The fourth-order valence-electron chi connectivity index (χ4n) is 4.44. The second-order valence-corrected chi connectivity index (χ2v) is 9.64. The highest BCUT2D eigenvalue weighted by Crippen LogP contribution is 2.37. The average Bonchev–Trinajstić information content (AvgIpc) is 2.98. The van der Waals surface area contributed by atoms with Crippen molar-refractivity contribution < 1.29 is 19.1 Å². The van der Waals surface area contributed by atoms with Crippen LogP contribution in [0.15, 0.2) is 59.1 Å². The zero-order valence-electron chi connectivity index (χ0n) is 21.1. The molecule has 1 aliphatic rings. The van der Waals surface area contributed by atoms with Crippen LogP contribution in [0, 0.1) is 0 Å². The van der Waals surface area contributed by atoms with Gasteiger partial charge in [-0.25, -0.2) is 0 Å². The number of amides is 3. The van der Waals surface area contributed by atoms with E-state index in [-0.39, 0.29) is 43.2 Å². The number of fused-ring (bicyclic) bond motifs is 2. The Labute approximate surface area is 230 Å². The Morgan fingerprint density at radius 2 is 1.84 bits per heavy atom. The normalized spacial score (nSPS) is 15.9. The summed E-state index contributed by atoms with van der Waals surface area (Å²) in [4.78, 5) is 42.6. The number of nitrogens with one attached hydrogen (secondary N) is 2. The molecule has 0 saturated carbocycles. The molecule has 2 N–H and O–H groups in total. The number of benzene rings is 3. The topological polar surface area (TPSA) is 91.0 Å². The zero-order valence-corrected chi connectivity index (χ0v) is 23.5. The molecule has 10 heteroatoms. The molecule has 0 bridgehead atoms. The SMILES string of the molecule is CN[C@@H](C)C(=O)N[C@H]1CN(C(C)=O)c2ccccc2N(Cc2c(OC)ccc3cc(Br)ccc23)C1=O.Cl. The van der Waals surface area contributed by atoms with E-state index in [0.717, 1.165) is 20.8 Å². The summed E-state index contributed by atoms with van der Waals surface area (Å²) >= 11 is 3.52. The van der Waals surface area contributed by atoms with Gasteiger partial charge in [-0.15, -0.1) is 12.4 Å². The Balaban J connectivity index is 0.00000380. The van der Waals surface area contributed by atoms with Crippen molar-refractivity contribution >= 4 is 68.2 Å². The van der Waals surface area contributed by atoms with E-state index in [0.29, 0.717) is 17.1 Å². The van der Waals surface area contributed by atoms with Crippen molar-refractivity contribution in [2.75, 3.05) is 30.5 Å². The van der Waals surface area contributed by atoms with Crippen LogP contribution in [0.1, 0.15) is 19.4 Å². The van der Waals surface area contributed by atoms with Crippen LogP contribution in [0.25, 0.3) is 10.8 Å². The van der Waals surface area contributed by atoms with Gasteiger partial charge in [0.25, 0.3) is 5.91 Å². The maximum Gasteiger partial charge on any atom is 0.251 e. The van der Waals surface area contributed by atoms with Crippen LogP contribution in [0.2, 0.25) is 0 Å². The van der Waals surface area contributed by atoms with Crippen LogP contribution in [0.5, 0.6) is 5.75 Å². The number of halogens is 2. The molecule has 196 valence electrons. The highest BCUT2D eigenvalue weighted by atomic mass is 79.9. The van der Waals surface area contributed by atoms with Gasteiger partial charge in [-0.1, -0.05) is 40.2 Å². The molecule has 4 rings (SSSR count). The Bertz CT molecular complexity index is 1340. The predicted molar refractivity (Wildman–Crippen MR) is 152 cm³/mol. The fourth-order valence-corrected chi connectivity index (χ4v) is 4.82. The summed E-state index contributed by atoms with van der Waals surface area (Å²) in [5.74, 6) is -0.199. The van der Waals surface area contributed by atoms with Gasteiger partial charge in [-0.05, 0) is 55.1 Å². The monoisotopic (exact) mass is 588 g/mol. The third kappa shape index (κ3) is 5.74. The molecule has 0 aliphatic carbocycles. The van der Waals surface area contributed by atoms with E-state index < -0.39 is 12.1 Å². The molecule has 1 heterocycles. The Morgan fingerprint density at radius 3 is 2.49 bits per heavy atom. The molecule has 0 saturated heterocycles. The highest BCUT2D eigenvalue weighted by molar-refractivity contribution is 9.10. The van der Waals surface area contributed by atoms with Gasteiger partial charge in [0.2, 0.25) is 11.8 Å². The first kappa shape index (κ1) is 28.4. The van der Waals surface area contributed by atoms with E-state index in [2.05, 4.69) is 26.6 Å². The predicted octanol–water partition coefficient (Wildman–Crippen LogP) is 4.03.